The van der Waals surface area contributed by atoms with Crippen molar-refractivity contribution in [2.45, 2.75) is 6.92 Å². The summed E-state index contributed by atoms with van der Waals surface area (Å²) in [6, 6.07) is 3.58. The van der Waals surface area contributed by atoms with Gasteiger partial charge in [0.1, 0.15) is 10.4 Å². The molecule has 0 aliphatic heterocycles. The average molecular weight is 284 g/mol. The first kappa shape index (κ1) is 10.9. The topological polar surface area (TPSA) is 78.9 Å². The highest BCUT2D eigenvalue weighted by molar-refractivity contribution is 9.10. The summed E-state index contributed by atoms with van der Waals surface area (Å²) in [6.45, 7) is 1.88. The van der Waals surface area contributed by atoms with Crippen LogP contribution in [0.5, 0.6) is 11.9 Å². The largest absolute Gasteiger partial charge is 0.405 e. The smallest absolute Gasteiger partial charge is 0.326 e. The van der Waals surface area contributed by atoms with Gasteiger partial charge in [0, 0.05) is 19.2 Å². The van der Waals surface area contributed by atoms with Crippen LogP contribution in [0.15, 0.2) is 16.7 Å². The fourth-order valence-corrected chi connectivity index (χ4v) is 1.62. The summed E-state index contributed by atoms with van der Waals surface area (Å²) in [7, 11) is 1.78. The Kier molecular flexibility index (Phi) is 2.78. The van der Waals surface area contributed by atoms with Crippen molar-refractivity contribution in [2.24, 2.45) is 7.05 Å². The summed E-state index contributed by atoms with van der Waals surface area (Å²) in [5.41, 5.74) is 6.43. The third-order valence-corrected chi connectivity index (χ3v) is 2.26. The van der Waals surface area contributed by atoms with Crippen LogP contribution in [0, 0.1) is 6.92 Å². The molecule has 0 saturated heterocycles. The molecular formula is C9H10BrN5O. The summed E-state index contributed by atoms with van der Waals surface area (Å²) < 4.78 is 7.64. The van der Waals surface area contributed by atoms with E-state index < -0.39 is 0 Å². The van der Waals surface area contributed by atoms with Crippen LogP contribution in [-0.2, 0) is 7.05 Å². The zero-order valence-corrected chi connectivity index (χ0v) is 10.4. The molecule has 84 valence electrons. The third-order valence-electron chi connectivity index (χ3n) is 1.85. The number of anilines is 1. The van der Waals surface area contributed by atoms with Crippen molar-refractivity contribution in [1.82, 2.24) is 19.7 Å². The Balaban J connectivity index is 2.30. The standard InChI is InChI=1S/C9H10BrN5O/c1-5-3-8(15(2)14-5)16-9-12-6(10)4-7(11)13-9/h3-4H,1-2H3,(H2,11,12,13). The second-order valence-corrected chi connectivity index (χ2v) is 4.06. The zero-order chi connectivity index (χ0) is 11.7. The zero-order valence-electron chi connectivity index (χ0n) is 8.81. The predicted molar refractivity (Wildman–Crippen MR) is 62.2 cm³/mol. The van der Waals surface area contributed by atoms with Crippen LogP contribution >= 0.6 is 15.9 Å². The molecule has 0 fully saturated rings. The van der Waals surface area contributed by atoms with Crippen LogP contribution in [0.25, 0.3) is 0 Å². The van der Waals surface area contributed by atoms with Crippen LogP contribution in [0.3, 0.4) is 0 Å². The van der Waals surface area contributed by atoms with Crippen LogP contribution in [0.2, 0.25) is 0 Å². The predicted octanol–water partition coefficient (Wildman–Crippen LogP) is 1.66. The van der Waals surface area contributed by atoms with E-state index in [2.05, 4.69) is 31.0 Å². The lowest BCUT2D eigenvalue weighted by Crippen LogP contribution is -2.00. The molecule has 0 aromatic carbocycles. The van der Waals surface area contributed by atoms with Gasteiger partial charge in [0.2, 0.25) is 5.88 Å². The van der Waals surface area contributed by atoms with Gasteiger partial charge in [-0.25, -0.2) is 4.68 Å². The van der Waals surface area contributed by atoms with E-state index in [1.165, 1.54) is 0 Å². The van der Waals surface area contributed by atoms with Crippen molar-refractivity contribution in [1.29, 1.82) is 0 Å². The highest BCUT2D eigenvalue weighted by Crippen LogP contribution is 2.20. The van der Waals surface area contributed by atoms with E-state index in [0.717, 1.165) is 5.69 Å². The molecule has 2 N–H and O–H groups in total. The van der Waals surface area contributed by atoms with E-state index in [9.17, 15) is 0 Å². The molecule has 0 amide bonds. The SMILES string of the molecule is Cc1cc(Oc2nc(N)cc(Br)n2)n(C)n1. The van der Waals surface area contributed by atoms with Crippen molar-refractivity contribution in [2.75, 3.05) is 5.73 Å². The first-order valence-electron chi connectivity index (χ1n) is 4.53. The monoisotopic (exact) mass is 283 g/mol. The number of aromatic nitrogens is 4. The van der Waals surface area contributed by atoms with Crippen molar-refractivity contribution in [3.8, 4) is 11.9 Å². The molecule has 0 bridgehead atoms. The van der Waals surface area contributed by atoms with Gasteiger partial charge < -0.3 is 10.5 Å². The van der Waals surface area contributed by atoms with E-state index >= 15 is 0 Å². The Morgan fingerprint density at radius 2 is 2.12 bits per heavy atom. The second-order valence-electron chi connectivity index (χ2n) is 3.25. The summed E-state index contributed by atoms with van der Waals surface area (Å²) in [5, 5.41) is 4.15. The summed E-state index contributed by atoms with van der Waals surface area (Å²) in [5.74, 6) is 0.908. The summed E-state index contributed by atoms with van der Waals surface area (Å²) >= 11 is 3.22. The lowest BCUT2D eigenvalue weighted by atomic mass is 10.5. The molecule has 0 aliphatic rings. The molecule has 0 unspecified atom stereocenters. The number of rotatable bonds is 2. The fourth-order valence-electron chi connectivity index (χ4n) is 1.23. The highest BCUT2D eigenvalue weighted by atomic mass is 79.9. The lowest BCUT2D eigenvalue weighted by Gasteiger charge is -2.04. The number of aryl methyl sites for hydroxylation is 2. The second kappa shape index (κ2) is 4.09. The molecule has 16 heavy (non-hydrogen) atoms. The van der Waals surface area contributed by atoms with Gasteiger partial charge in [0.15, 0.2) is 0 Å². The van der Waals surface area contributed by atoms with Crippen LogP contribution in [-0.4, -0.2) is 19.7 Å². The average Bonchev–Trinajstić information content (AvgIpc) is 2.43. The van der Waals surface area contributed by atoms with Crippen molar-refractivity contribution >= 4 is 21.7 Å². The summed E-state index contributed by atoms with van der Waals surface area (Å²) in [4.78, 5) is 7.99. The van der Waals surface area contributed by atoms with Gasteiger partial charge in [0.25, 0.3) is 0 Å². The minimum absolute atomic E-state index is 0.190. The van der Waals surface area contributed by atoms with Gasteiger partial charge in [0.05, 0.1) is 5.69 Å². The molecule has 0 aliphatic carbocycles. The van der Waals surface area contributed by atoms with Crippen molar-refractivity contribution < 1.29 is 4.74 Å². The molecule has 2 rings (SSSR count). The van der Waals surface area contributed by atoms with E-state index in [4.69, 9.17) is 10.5 Å². The third kappa shape index (κ3) is 2.30. The van der Waals surface area contributed by atoms with Gasteiger partial charge in [-0.15, -0.1) is 0 Å². The molecule has 0 spiro atoms. The van der Waals surface area contributed by atoms with Crippen LogP contribution in [0.1, 0.15) is 5.69 Å². The Morgan fingerprint density at radius 3 is 2.69 bits per heavy atom. The minimum atomic E-state index is 0.190. The van der Waals surface area contributed by atoms with Crippen LogP contribution < -0.4 is 10.5 Å². The van der Waals surface area contributed by atoms with E-state index in [1.54, 1.807) is 23.9 Å². The van der Waals surface area contributed by atoms with Gasteiger partial charge >= 0.3 is 6.01 Å². The number of hydrogen-bond acceptors (Lipinski definition) is 5. The first-order valence-corrected chi connectivity index (χ1v) is 5.32. The maximum absolute atomic E-state index is 5.57. The molecule has 2 aromatic rings. The highest BCUT2D eigenvalue weighted by Gasteiger charge is 2.08. The van der Waals surface area contributed by atoms with Gasteiger partial charge in [-0.2, -0.15) is 15.1 Å². The summed E-state index contributed by atoms with van der Waals surface area (Å²) in [6.07, 6.45) is 0. The molecule has 2 aromatic heterocycles. The lowest BCUT2D eigenvalue weighted by molar-refractivity contribution is 0.399. The van der Waals surface area contributed by atoms with E-state index in [1.807, 2.05) is 6.92 Å². The van der Waals surface area contributed by atoms with Gasteiger partial charge in [-0.1, -0.05) is 0 Å². The molecule has 0 radical (unpaired) electrons. The number of ether oxygens (including phenoxy) is 1. The normalized spacial score (nSPS) is 10.4. The van der Waals surface area contributed by atoms with Crippen molar-refractivity contribution in [3.05, 3.63) is 22.4 Å². The number of nitrogens with zero attached hydrogens (tertiary/aromatic N) is 4. The number of nitrogens with two attached hydrogens (primary N) is 1. The Morgan fingerprint density at radius 1 is 1.38 bits per heavy atom. The molecule has 7 heteroatoms. The maximum Gasteiger partial charge on any atom is 0.326 e. The van der Waals surface area contributed by atoms with Gasteiger partial charge in [-0.3, -0.25) is 0 Å². The van der Waals surface area contributed by atoms with Crippen LogP contribution in [0.4, 0.5) is 5.82 Å². The van der Waals surface area contributed by atoms with E-state index in [-0.39, 0.29) is 6.01 Å². The molecule has 2 heterocycles. The molecular weight excluding hydrogens is 274 g/mol. The van der Waals surface area contributed by atoms with E-state index in [0.29, 0.717) is 16.3 Å². The molecule has 6 nitrogen and oxygen atoms in total. The molecule has 0 atom stereocenters. The number of nitrogen functional groups attached to an aromatic ring is 1. The van der Waals surface area contributed by atoms with Gasteiger partial charge in [-0.05, 0) is 22.9 Å². The Hall–Kier alpha value is -1.63. The number of halogens is 1. The van der Waals surface area contributed by atoms with Crippen molar-refractivity contribution in [3.63, 3.8) is 0 Å². The fraction of sp³-hybridized carbons (Fsp3) is 0.222. The first-order chi connectivity index (χ1) is 7.54. The Bertz CT molecular complexity index is 504. The minimum Gasteiger partial charge on any atom is -0.405 e. The molecule has 0 saturated carbocycles. The quantitative estimate of drug-likeness (QED) is 0.848. The Labute approximate surface area is 101 Å². The number of hydrogen-bond donors (Lipinski definition) is 1. The maximum atomic E-state index is 5.57.